The fraction of sp³-hybridized carbons (Fsp3) is 0.385. The van der Waals surface area contributed by atoms with Crippen molar-refractivity contribution >= 4 is 62.6 Å². The van der Waals surface area contributed by atoms with E-state index < -0.39 is 10.0 Å². The zero-order valence-electron chi connectivity index (χ0n) is 24.4. The van der Waals surface area contributed by atoms with E-state index >= 15 is 0 Å². The minimum absolute atomic E-state index is 0. The Hall–Kier alpha value is -3.80. The fourth-order valence-electron chi connectivity index (χ4n) is 4.76. The summed E-state index contributed by atoms with van der Waals surface area (Å²) in [5.74, 6) is 1.84. The summed E-state index contributed by atoms with van der Waals surface area (Å²) in [4.78, 5) is 18.7. The number of H-pyrrole nitrogens is 1. The molecule has 2 aromatic heterocycles. The molecule has 13 N–H and O–H groups in total. The number of nitrogens with one attached hydrogen (secondary N) is 3. The maximum Gasteiger partial charge on any atom is 0.261 e. The van der Waals surface area contributed by atoms with Crippen LogP contribution in [-0.2, 0) is 10.0 Å². The van der Waals surface area contributed by atoms with Crippen molar-refractivity contribution in [3.8, 4) is 0 Å². The standard InChI is InChI=1S/C25H29N9O2S.CH4O.ClH.3H3N.4H2/c35-37(36,32-20-7-6-18-17-26-31-22(18)16-20)21-10-8-19(9-11-21)27-23-28-24(33-12-2-1-3-13-33)30-25(29-23)34-14-4-5-15-34;1-2;;;;;;;;/h6-11,16-17,32H,1-5,12-15H2,(H,26,31)(H,27,28,29,30);2H,1H3;1H;3*1H3;4*1H. The topological polar surface area (TPSA) is 257 Å². The number of aliphatic hydroxyl groups is 1. The number of piperidine rings is 1. The highest BCUT2D eigenvalue weighted by Crippen LogP contribution is 2.26. The fourth-order valence-corrected chi connectivity index (χ4v) is 5.81. The third-order valence-corrected chi connectivity index (χ3v) is 8.15. The first-order valence-electron chi connectivity index (χ1n) is 13.1. The van der Waals surface area contributed by atoms with Crippen molar-refractivity contribution in [2.24, 2.45) is 0 Å². The number of benzene rings is 2. The van der Waals surface area contributed by atoms with Gasteiger partial charge in [0.15, 0.2) is 0 Å². The monoisotopic (exact) mass is 646 g/mol. The SMILES string of the molecule is CO.Cl.N.N.N.O=S(=O)(Nc1ccc2cn[nH]c2c1)c1ccc(Nc2nc(N3CCCCC3)nc(N3CCCC3)n2)cc1.[HH].[HH].[HH].[HH]. The summed E-state index contributed by atoms with van der Waals surface area (Å²) >= 11 is 0. The molecule has 2 aliphatic heterocycles. The molecular weight excluding hydrogens is 596 g/mol. The highest BCUT2D eigenvalue weighted by atomic mass is 35.5. The van der Waals surface area contributed by atoms with Gasteiger partial charge in [-0.2, -0.15) is 20.1 Å². The Morgan fingerprint density at radius 1 is 0.791 bits per heavy atom. The summed E-state index contributed by atoms with van der Waals surface area (Å²) in [6.07, 6.45) is 7.45. The number of hydrogen-bond acceptors (Lipinski definition) is 13. The summed E-state index contributed by atoms with van der Waals surface area (Å²) < 4.78 is 28.5. The molecule has 4 heterocycles. The van der Waals surface area contributed by atoms with Crippen molar-refractivity contribution < 1.29 is 19.2 Å². The van der Waals surface area contributed by atoms with E-state index in [0.29, 0.717) is 29.2 Å². The molecule has 0 radical (unpaired) electrons. The molecule has 6 rings (SSSR count). The summed E-state index contributed by atoms with van der Waals surface area (Å²) in [5, 5.41) is 18.0. The lowest BCUT2D eigenvalue weighted by Gasteiger charge is -2.27. The minimum Gasteiger partial charge on any atom is -0.400 e. The van der Waals surface area contributed by atoms with Crippen molar-refractivity contribution in [1.29, 1.82) is 0 Å². The van der Waals surface area contributed by atoms with Gasteiger partial charge in [0, 0.05) is 50.1 Å². The van der Waals surface area contributed by atoms with Gasteiger partial charge in [-0.15, -0.1) is 12.4 Å². The van der Waals surface area contributed by atoms with Crippen LogP contribution in [0.15, 0.2) is 53.6 Å². The highest BCUT2D eigenvalue weighted by Gasteiger charge is 2.21. The molecule has 0 atom stereocenters. The Morgan fingerprint density at radius 2 is 1.33 bits per heavy atom. The normalized spacial score (nSPS) is 14.2. The largest absolute Gasteiger partial charge is 0.400 e. The van der Waals surface area contributed by atoms with Gasteiger partial charge in [-0.05, 0) is 74.6 Å². The van der Waals surface area contributed by atoms with Gasteiger partial charge in [0.25, 0.3) is 10.0 Å². The van der Waals surface area contributed by atoms with Gasteiger partial charge in [-0.25, -0.2) is 8.42 Å². The highest BCUT2D eigenvalue weighted by molar-refractivity contribution is 7.92. The molecule has 2 aliphatic rings. The van der Waals surface area contributed by atoms with Crippen molar-refractivity contribution in [2.45, 2.75) is 37.0 Å². The number of nitrogens with zero attached hydrogens (tertiary/aromatic N) is 6. The molecule has 0 aliphatic carbocycles. The van der Waals surface area contributed by atoms with E-state index in [4.69, 9.17) is 15.1 Å². The van der Waals surface area contributed by atoms with Crippen molar-refractivity contribution in [3.05, 3.63) is 48.7 Å². The predicted molar refractivity (Wildman–Crippen MR) is 183 cm³/mol. The van der Waals surface area contributed by atoms with Crippen LogP contribution >= 0.6 is 12.4 Å². The quantitative estimate of drug-likeness (QED) is 0.133. The van der Waals surface area contributed by atoms with Crippen LogP contribution in [0.4, 0.5) is 29.2 Å². The average Bonchev–Trinajstić information content (AvgIpc) is 3.67. The number of sulfonamides is 1. The molecule has 2 fully saturated rings. The van der Waals surface area contributed by atoms with Gasteiger partial charge in [0.1, 0.15) is 0 Å². The van der Waals surface area contributed by atoms with Gasteiger partial charge in [0.05, 0.1) is 22.3 Å². The molecule has 43 heavy (non-hydrogen) atoms. The molecule has 2 aromatic carbocycles. The van der Waals surface area contributed by atoms with E-state index in [9.17, 15) is 8.42 Å². The van der Waals surface area contributed by atoms with E-state index in [1.807, 2.05) is 6.07 Å². The predicted octanol–water partition coefficient (Wildman–Crippen LogP) is 5.38. The van der Waals surface area contributed by atoms with Crippen LogP contribution in [0, 0.1) is 0 Å². The first-order chi connectivity index (χ1) is 19.0. The van der Waals surface area contributed by atoms with Crippen LogP contribution in [0.1, 0.15) is 37.8 Å². The Bertz CT molecular complexity index is 1530. The molecule has 0 amide bonds. The molecule has 17 heteroatoms. The summed E-state index contributed by atoms with van der Waals surface area (Å²) in [6, 6.07) is 11.8. The van der Waals surface area contributed by atoms with E-state index in [1.54, 1.807) is 42.6 Å². The third kappa shape index (κ3) is 8.85. The van der Waals surface area contributed by atoms with E-state index in [2.05, 4.69) is 35.0 Å². The second kappa shape index (κ2) is 16.7. The van der Waals surface area contributed by atoms with Crippen LogP contribution in [0.5, 0.6) is 0 Å². The molecule has 246 valence electrons. The van der Waals surface area contributed by atoms with Crippen LogP contribution < -0.4 is 38.3 Å². The first-order valence-corrected chi connectivity index (χ1v) is 14.6. The van der Waals surface area contributed by atoms with E-state index in [1.165, 1.54) is 6.42 Å². The minimum atomic E-state index is -3.76. The Balaban J connectivity index is -0.000000908. The second-order valence-corrected chi connectivity index (χ2v) is 11.1. The summed E-state index contributed by atoms with van der Waals surface area (Å²) in [7, 11) is -2.76. The van der Waals surface area contributed by atoms with E-state index in [0.717, 1.165) is 69.9 Å². The third-order valence-electron chi connectivity index (χ3n) is 6.75. The summed E-state index contributed by atoms with van der Waals surface area (Å²) in [5.41, 5.74) is 1.92. The van der Waals surface area contributed by atoms with Gasteiger partial charge in [0.2, 0.25) is 17.8 Å². The van der Waals surface area contributed by atoms with Gasteiger partial charge in [-0.1, -0.05) is 0 Å². The molecule has 0 spiro atoms. The van der Waals surface area contributed by atoms with Gasteiger partial charge >= 0.3 is 0 Å². The zero-order valence-corrected chi connectivity index (χ0v) is 26.0. The van der Waals surface area contributed by atoms with E-state index in [-0.39, 0.29) is 41.5 Å². The number of aromatic amines is 1. The first kappa shape index (κ1) is 37.2. The number of hydrogen-bond donors (Lipinski definition) is 7. The maximum atomic E-state index is 13.0. The van der Waals surface area contributed by atoms with Crippen molar-refractivity contribution in [2.75, 3.05) is 53.1 Å². The van der Waals surface area contributed by atoms with Crippen LogP contribution in [-0.4, -0.2) is 72.0 Å². The van der Waals surface area contributed by atoms with Crippen LogP contribution in [0.2, 0.25) is 0 Å². The maximum absolute atomic E-state index is 13.0. The molecule has 0 saturated carbocycles. The second-order valence-electron chi connectivity index (χ2n) is 9.43. The lowest BCUT2D eigenvalue weighted by Crippen LogP contribution is -2.32. The molecule has 0 bridgehead atoms. The number of fused-ring (bicyclic) bond motifs is 1. The van der Waals surface area contributed by atoms with Crippen molar-refractivity contribution in [3.63, 3.8) is 0 Å². The Labute approximate surface area is 264 Å². The van der Waals surface area contributed by atoms with Crippen LogP contribution in [0.25, 0.3) is 10.9 Å². The molecule has 15 nitrogen and oxygen atoms in total. The molecular formula is C26H51ClN12O3S. The zero-order chi connectivity index (χ0) is 27.2. The number of rotatable bonds is 7. The average molecular weight is 647 g/mol. The molecule has 4 aromatic rings. The Kier molecular flexibility index (Phi) is 14.5. The van der Waals surface area contributed by atoms with Crippen LogP contribution in [0.3, 0.4) is 0 Å². The lowest BCUT2D eigenvalue weighted by atomic mass is 10.1. The smallest absolute Gasteiger partial charge is 0.261 e. The number of aliphatic hydroxyl groups excluding tert-OH is 1. The summed E-state index contributed by atoms with van der Waals surface area (Å²) in [6.45, 7) is 3.76. The number of halogens is 1. The Morgan fingerprint density at radius 3 is 1.91 bits per heavy atom. The van der Waals surface area contributed by atoms with Gasteiger partial charge < -0.3 is 38.7 Å². The van der Waals surface area contributed by atoms with Crippen molar-refractivity contribution in [1.82, 2.24) is 43.6 Å². The number of aromatic nitrogens is 5. The molecule has 2 saturated heterocycles. The number of anilines is 5. The molecule has 0 unspecified atom stereocenters. The van der Waals surface area contributed by atoms with Gasteiger partial charge in [-0.3, -0.25) is 9.82 Å². The lowest BCUT2D eigenvalue weighted by molar-refractivity contribution is 0.399.